The SMILES string of the molecule is CCOB1OCC(C)C(=O)O1. The van der Waals surface area contributed by atoms with Crippen molar-refractivity contribution in [2.45, 2.75) is 13.8 Å². The highest BCUT2D eigenvalue weighted by atomic mass is 16.8. The summed E-state index contributed by atoms with van der Waals surface area (Å²) < 4.78 is 14.7. The van der Waals surface area contributed by atoms with Crippen molar-refractivity contribution < 1.29 is 18.8 Å². The molecule has 1 rings (SSSR count). The van der Waals surface area contributed by atoms with Gasteiger partial charge in [0.1, 0.15) is 0 Å². The Kier molecular flexibility index (Phi) is 2.90. The molecule has 4 nitrogen and oxygen atoms in total. The molecule has 0 bridgehead atoms. The molecule has 0 aromatic carbocycles. The van der Waals surface area contributed by atoms with Gasteiger partial charge in [-0.25, -0.2) is 0 Å². The van der Waals surface area contributed by atoms with Gasteiger partial charge in [-0.05, 0) is 13.8 Å². The van der Waals surface area contributed by atoms with Gasteiger partial charge in [-0.15, -0.1) is 0 Å². The lowest BCUT2D eigenvalue weighted by Gasteiger charge is -2.22. The summed E-state index contributed by atoms with van der Waals surface area (Å²) in [4.78, 5) is 10.9. The predicted octanol–water partition coefficient (Wildman–Crippen LogP) is 0.217. The van der Waals surface area contributed by atoms with Crippen LogP contribution in [0.3, 0.4) is 0 Å². The summed E-state index contributed by atoms with van der Waals surface area (Å²) in [6, 6.07) is 0. The Morgan fingerprint density at radius 3 is 3.09 bits per heavy atom. The average molecular weight is 158 g/mol. The van der Waals surface area contributed by atoms with Crippen LogP contribution < -0.4 is 0 Å². The second-order valence-electron chi connectivity index (χ2n) is 2.42. The van der Waals surface area contributed by atoms with Crippen molar-refractivity contribution in [1.82, 2.24) is 0 Å². The lowest BCUT2D eigenvalue weighted by molar-refractivity contribution is -0.148. The normalized spacial score (nSPS) is 25.1. The van der Waals surface area contributed by atoms with Crippen LogP contribution in [0, 0.1) is 5.92 Å². The van der Waals surface area contributed by atoms with Crippen molar-refractivity contribution in [2.75, 3.05) is 13.2 Å². The Labute approximate surface area is 66.0 Å². The Balaban J connectivity index is 2.34. The summed E-state index contributed by atoms with van der Waals surface area (Å²) in [6.45, 7) is 4.43. The van der Waals surface area contributed by atoms with Crippen molar-refractivity contribution >= 4 is 13.3 Å². The van der Waals surface area contributed by atoms with Gasteiger partial charge in [-0.3, -0.25) is 4.79 Å². The fourth-order valence-electron chi connectivity index (χ4n) is 0.754. The van der Waals surface area contributed by atoms with E-state index in [0.717, 1.165) is 0 Å². The van der Waals surface area contributed by atoms with E-state index >= 15 is 0 Å². The van der Waals surface area contributed by atoms with Crippen LogP contribution in [-0.4, -0.2) is 26.5 Å². The molecule has 0 aromatic heterocycles. The van der Waals surface area contributed by atoms with Crippen LogP contribution in [0.25, 0.3) is 0 Å². The molecule has 11 heavy (non-hydrogen) atoms. The highest BCUT2D eigenvalue weighted by Crippen LogP contribution is 2.09. The Morgan fingerprint density at radius 2 is 2.55 bits per heavy atom. The molecule has 1 atom stereocenters. The smallest absolute Gasteiger partial charge is 0.485 e. The molecule has 1 aliphatic rings. The van der Waals surface area contributed by atoms with Gasteiger partial charge < -0.3 is 14.0 Å². The molecule has 1 heterocycles. The first-order chi connectivity index (χ1) is 5.24. The Hall–Kier alpha value is -0.545. The van der Waals surface area contributed by atoms with Gasteiger partial charge >= 0.3 is 7.32 Å². The van der Waals surface area contributed by atoms with E-state index in [-0.39, 0.29) is 11.9 Å². The molecule has 1 unspecified atom stereocenters. The van der Waals surface area contributed by atoms with E-state index in [1.54, 1.807) is 6.92 Å². The van der Waals surface area contributed by atoms with Crippen LogP contribution in [0.2, 0.25) is 0 Å². The summed E-state index contributed by atoms with van der Waals surface area (Å²) in [5.74, 6) is -0.429. The van der Waals surface area contributed by atoms with Gasteiger partial charge in [0.15, 0.2) is 0 Å². The van der Waals surface area contributed by atoms with Gasteiger partial charge in [0.25, 0.3) is 5.97 Å². The first-order valence-corrected chi connectivity index (χ1v) is 3.67. The van der Waals surface area contributed by atoms with Crippen molar-refractivity contribution in [3.63, 3.8) is 0 Å². The zero-order chi connectivity index (χ0) is 8.27. The van der Waals surface area contributed by atoms with Crippen LogP contribution in [0.1, 0.15) is 13.8 Å². The number of hydrogen-bond acceptors (Lipinski definition) is 4. The number of rotatable bonds is 2. The molecular weight excluding hydrogens is 147 g/mol. The first kappa shape index (κ1) is 8.55. The molecule has 0 aliphatic carbocycles. The highest BCUT2D eigenvalue weighted by Gasteiger charge is 2.34. The van der Waals surface area contributed by atoms with E-state index in [0.29, 0.717) is 13.2 Å². The molecule has 0 aromatic rings. The second kappa shape index (κ2) is 3.73. The molecule has 0 N–H and O–H groups in total. The highest BCUT2D eigenvalue weighted by molar-refractivity contribution is 6.39. The van der Waals surface area contributed by atoms with Gasteiger partial charge in [0, 0.05) is 13.2 Å². The minimum absolute atomic E-state index is 0.174. The maximum absolute atomic E-state index is 10.9. The lowest BCUT2D eigenvalue weighted by Crippen LogP contribution is -2.40. The number of hydrogen-bond donors (Lipinski definition) is 0. The molecule has 0 amide bonds. The van der Waals surface area contributed by atoms with Crippen molar-refractivity contribution in [3.8, 4) is 0 Å². The zero-order valence-corrected chi connectivity index (χ0v) is 6.70. The first-order valence-electron chi connectivity index (χ1n) is 3.67. The van der Waals surface area contributed by atoms with Gasteiger partial charge in [0.2, 0.25) is 0 Å². The summed E-state index contributed by atoms with van der Waals surface area (Å²) in [5, 5.41) is 0. The van der Waals surface area contributed by atoms with Crippen molar-refractivity contribution in [1.29, 1.82) is 0 Å². The minimum atomic E-state index is -0.788. The van der Waals surface area contributed by atoms with Crippen LogP contribution in [0.4, 0.5) is 0 Å². The third kappa shape index (κ3) is 2.20. The molecule has 1 saturated heterocycles. The van der Waals surface area contributed by atoms with Gasteiger partial charge in [-0.1, -0.05) is 0 Å². The average Bonchev–Trinajstić information content (AvgIpc) is 1.98. The quantitative estimate of drug-likeness (QED) is 0.539. The van der Waals surface area contributed by atoms with Crippen molar-refractivity contribution in [3.05, 3.63) is 0 Å². The molecule has 5 heteroatoms. The fraction of sp³-hybridized carbons (Fsp3) is 0.833. The second-order valence-corrected chi connectivity index (χ2v) is 2.42. The Morgan fingerprint density at radius 1 is 1.82 bits per heavy atom. The Bertz CT molecular complexity index is 150. The summed E-state index contributed by atoms with van der Waals surface area (Å²) in [7, 11) is -0.788. The maximum Gasteiger partial charge on any atom is 0.715 e. The van der Waals surface area contributed by atoms with Gasteiger partial charge in [-0.2, -0.15) is 0 Å². The van der Waals surface area contributed by atoms with Crippen LogP contribution in [0.15, 0.2) is 0 Å². The fourth-order valence-corrected chi connectivity index (χ4v) is 0.754. The summed E-state index contributed by atoms with van der Waals surface area (Å²) in [5.41, 5.74) is 0. The van der Waals surface area contributed by atoms with E-state index in [4.69, 9.17) is 14.0 Å². The molecule has 1 fully saturated rings. The predicted molar refractivity (Wildman–Crippen MR) is 38.6 cm³/mol. The van der Waals surface area contributed by atoms with E-state index in [9.17, 15) is 4.79 Å². The van der Waals surface area contributed by atoms with E-state index in [2.05, 4.69) is 0 Å². The molecule has 62 valence electrons. The van der Waals surface area contributed by atoms with Gasteiger partial charge in [0.05, 0.1) is 5.92 Å². The van der Waals surface area contributed by atoms with Crippen LogP contribution in [0.5, 0.6) is 0 Å². The molecule has 0 saturated carbocycles. The largest absolute Gasteiger partial charge is 0.715 e. The molecule has 0 spiro atoms. The van der Waals surface area contributed by atoms with Crippen molar-refractivity contribution in [2.24, 2.45) is 5.92 Å². The topological polar surface area (TPSA) is 44.8 Å². The molecule has 1 aliphatic heterocycles. The maximum atomic E-state index is 10.9. The summed E-state index contributed by atoms with van der Waals surface area (Å²) in [6.07, 6.45) is 0. The molecule has 0 radical (unpaired) electrons. The lowest BCUT2D eigenvalue weighted by atomic mass is 10.1. The van der Waals surface area contributed by atoms with Crippen LogP contribution >= 0.6 is 0 Å². The van der Waals surface area contributed by atoms with E-state index in [1.165, 1.54) is 0 Å². The monoisotopic (exact) mass is 158 g/mol. The number of carbonyl (C=O) groups excluding carboxylic acids is 1. The minimum Gasteiger partial charge on any atom is -0.485 e. The standard InChI is InChI=1S/C6H11BO4/c1-3-9-7-10-4-5(2)6(8)11-7/h5H,3-4H2,1-2H3. The molecular formula is C6H11BO4. The van der Waals surface area contributed by atoms with E-state index in [1.807, 2.05) is 6.92 Å². The zero-order valence-electron chi connectivity index (χ0n) is 6.70. The third-order valence-electron chi connectivity index (χ3n) is 1.40. The summed E-state index contributed by atoms with van der Waals surface area (Å²) >= 11 is 0. The van der Waals surface area contributed by atoms with E-state index < -0.39 is 7.32 Å². The third-order valence-corrected chi connectivity index (χ3v) is 1.40. The number of carbonyl (C=O) groups is 1. The van der Waals surface area contributed by atoms with Crippen LogP contribution in [-0.2, 0) is 18.8 Å².